The van der Waals surface area contributed by atoms with E-state index < -0.39 is 5.97 Å². The van der Waals surface area contributed by atoms with Crippen LogP contribution in [0.5, 0.6) is 0 Å². The molecule has 1 aromatic carbocycles. The van der Waals surface area contributed by atoms with Gasteiger partial charge in [-0.25, -0.2) is 4.79 Å². The predicted molar refractivity (Wildman–Crippen MR) is 78.6 cm³/mol. The zero-order valence-electron chi connectivity index (χ0n) is 12.0. The maximum atomic E-state index is 11.0. The second kappa shape index (κ2) is 5.57. The summed E-state index contributed by atoms with van der Waals surface area (Å²) in [5, 5.41) is 12.6. The first-order valence-electron chi connectivity index (χ1n) is 7.69. The molecule has 4 atom stereocenters. The lowest BCUT2D eigenvalue weighted by Crippen LogP contribution is -2.35. The van der Waals surface area contributed by atoms with Crippen LogP contribution < -0.4 is 5.32 Å². The van der Waals surface area contributed by atoms with Crippen LogP contribution in [0.4, 0.5) is 0 Å². The molecule has 2 N–H and O–H groups in total. The summed E-state index contributed by atoms with van der Waals surface area (Å²) >= 11 is 0. The largest absolute Gasteiger partial charge is 0.478 e. The number of aromatic carboxylic acids is 1. The smallest absolute Gasteiger partial charge is 0.335 e. The van der Waals surface area contributed by atoms with E-state index in [9.17, 15) is 4.79 Å². The van der Waals surface area contributed by atoms with Gasteiger partial charge in [-0.05, 0) is 61.6 Å². The van der Waals surface area contributed by atoms with Crippen molar-refractivity contribution in [1.82, 2.24) is 5.32 Å². The summed E-state index contributed by atoms with van der Waals surface area (Å²) in [7, 11) is 0. The van der Waals surface area contributed by atoms with Crippen LogP contribution in [-0.4, -0.2) is 17.1 Å². The first kappa shape index (κ1) is 13.6. The molecule has 4 unspecified atom stereocenters. The fourth-order valence-corrected chi connectivity index (χ4v) is 4.15. The number of hydrogen-bond donors (Lipinski definition) is 2. The zero-order valence-corrected chi connectivity index (χ0v) is 12.0. The van der Waals surface area contributed by atoms with Gasteiger partial charge in [0.25, 0.3) is 0 Å². The van der Waals surface area contributed by atoms with Gasteiger partial charge in [0.1, 0.15) is 0 Å². The summed E-state index contributed by atoms with van der Waals surface area (Å²) < 4.78 is 0. The summed E-state index contributed by atoms with van der Waals surface area (Å²) in [5.41, 5.74) is 1.43. The van der Waals surface area contributed by atoms with Crippen molar-refractivity contribution >= 4 is 5.97 Å². The second-order valence-corrected chi connectivity index (χ2v) is 6.51. The van der Waals surface area contributed by atoms with Crippen LogP contribution in [0.1, 0.15) is 48.5 Å². The molecule has 20 heavy (non-hydrogen) atoms. The lowest BCUT2D eigenvalue weighted by atomic mass is 9.84. The number of rotatable bonds is 5. The van der Waals surface area contributed by atoms with Gasteiger partial charge >= 0.3 is 5.97 Å². The van der Waals surface area contributed by atoms with Crippen molar-refractivity contribution in [3.8, 4) is 0 Å². The Bertz CT molecular complexity index is 500. The monoisotopic (exact) mass is 273 g/mol. The molecule has 108 valence electrons. The van der Waals surface area contributed by atoms with E-state index in [1.165, 1.54) is 25.7 Å². The zero-order chi connectivity index (χ0) is 14.1. The van der Waals surface area contributed by atoms with Crippen molar-refractivity contribution in [2.45, 2.75) is 45.2 Å². The van der Waals surface area contributed by atoms with E-state index in [2.05, 4.69) is 12.2 Å². The Morgan fingerprint density at radius 2 is 2.25 bits per heavy atom. The van der Waals surface area contributed by atoms with Crippen LogP contribution in [0.25, 0.3) is 0 Å². The molecule has 2 aliphatic carbocycles. The molecule has 0 aliphatic heterocycles. The van der Waals surface area contributed by atoms with Crippen molar-refractivity contribution in [1.29, 1.82) is 0 Å². The molecule has 2 bridgehead atoms. The molecule has 3 rings (SSSR count). The van der Waals surface area contributed by atoms with Crippen molar-refractivity contribution in [2.75, 3.05) is 0 Å². The average molecular weight is 273 g/mol. The van der Waals surface area contributed by atoms with Gasteiger partial charge in [0.2, 0.25) is 0 Å². The highest BCUT2D eigenvalue weighted by atomic mass is 16.4. The maximum absolute atomic E-state index is 11.0. The number of nitrogens with one attached hydrogen (secondary N) is 1. The van der Waals surface area contributed by atoms with Gasteiger partial charge in [0.15, 0.2) is 0 Å². The summed E-state index contributed by atoms with van der Waals surface area (Å²) in [6.07, 6.45) is 5.67. The van der Waals surface area contributed by atoms with Crippen LogP contribution in [0.3, 0.4) is 0 Å². The van der Waals surface area contributed by atoms with E-state index in [1.807, 2.05) is 12.1 Å². The molecule has 0 saturated heterocycles. The Morgan fingerprint density at radius 1 is 1.40 bits per heavy atom. The van der Waals surface area contributed by atoms with Crippen LogP contribution in [0, 0.1) is 17.8 Å². The lowest BCUT2D eigenvalue weighted by molar-refractivity contribution is 0.0696. The van der Waals surface area contributed by atoms with Crippen LogP contribution in [-0.2, 0) is 6.54 Å². The van der Waals surface area contributed by atoms with Crippen LogP contribution >= 0.6 is 0 Å². The average Bonchev–Trinajstić information content (AvgIpc) is 3.07. The molecule has 0 heterocycles. The molecule has 2 saturated carbocycles. The van der Waals surface area contributed by atoms with Gasteiger partial charge in [0.05, 0.1) is 5.56 Å². The molecule has 0 aromatic heterocycles. The molecular weight excluding hydrogens is 250 g/mol. The number of carboxylic acids is 1. The van der Waals surface area contributed by atoms with E-state index in [0.29, 0.717) is 11.6 Å². The number of fused-ring (bicyclic) bond motifs is 2. The lowest BCUT2D eigenvalue weighted by Gasteiger charge is -2.28. The predicted octanol–water partition coefficient (Wildman–Crippen LogP) is 3.30. The molecule has 2 aliphatic rings. The van der Waals surface area contributed by atoms with Gasteiger partial charge in [-0.3, -0.25) is 0 Å². The minimum absolute atomic E-state index is 0.372. The Kier molecular flexibility index (Phi) is 3.79. The molecular formula is C17H23NO2. The number of benzene rings is 1. The fraction of sp³-hybridized carbons (Fsp3) is 0.588. The minimum atomic E-state index is -0.854. The van der Waals surface area contributed by atoms with Gasteiger partial charge < -0.3 is 10.4 Å². The molecule has 1 aromatic rings. The maximum Gasteiger partial charge on any atom is 0.335 e. The summed E-state index contributed by atoms with van der Waals surface area (Å²) in [6.45, 7) is 3.04. The molecule has 0 amide bonds. The molecule has 3 heteroatoms. The summed E-state index contributed by atoms with van der Waals surface area (Å²) in [6, 6.07) is 7.75. The summed E-state index contributed by atoms with van der Waals surface area (Å²) in [5.74, 6) is 1.86. The first-order chi connectivity index (χ1) is 9.63. The Labute approximate surface area is 120 Å². The molecule has 2 fully saturated rings. The first-order valence-corrected chi connectivity index (χ1v) is 7.69. The Balaban J connectivity index is 1.56. The quantitative estimate of drug-likeness (QED) is 0.865. The molecule has 0 spiro atoms. The van der Waals surface area contributed by atoms with E-state index in [-0.39, 0.29) is 0 Å². The van der Waals surface area contributed by atoms with Gasteiger partial charge in [-0.2, -0.15) is 0 Å². The normalized spacial score (nSPS) is 29.6. The van der Waals surface area contributed by atoms with Gasteiger partial charge in [-0.1, -0.05) is 18.6 Å². The van der Waals surface area contributed by atoms with Crippen molar-refractivity contribution in [3.05, 3.63) is 35.4 Å². The van der Waals surface area contributed by atoms with Crippen molar-refractivity contribution in [2.24, 2.45) is 17.8 Å². The Hall–Kier alpha value is -1.35. The standard InChI is InChI=1S/C17H23NO2/c1-11(16-9-12-5-6-14(16)7-12)18-10-13-3-2-4-15(8-13)17(19)20/h2-4,8,11-12,14,16,18H,5-7,9-10H2,1H3,(H,19,20). The fourth-order valence-electron chi connectivity index (χ4n) is 4.15. The topological polar surface area (TPSA) is 49.3 Å². The molecule has 3 nitrogen and oxygen atoms in total. The van der Waals surface area contributed by atoms with Crippen LogP contribution in [0.2, 0.25) is 0 Å². The van der Waals surface area contributed by atoms with E-state index >= 15 is 0 Å². The highest BCUT2D eigenvalue weighted by molar-refractivity contribution is 5.87. The van der Waals surface area contributed by atoms with Gasteiger partial charge in [0, 0.05) is 12.6 Å². The van der Waals surface area contributed by atoms with E-state index in [1.54, 1.807) is 12.1 Å². The number of hydrogen-bond acceptors (Lipinski definition) is 2. The summed E-state index contributed by atoms with van der Waals surface area (Å²) in [4.78, 5) is 11.0. The number of carbonyl (C=O) groups is 1. The van der Waals surface area contributed by atoms with Crippen molar-refractivity contribution in [3.63, 3.8) is 0 Å². The SMILES string of the molecule is CC(NCc1cccc(C(=O)O)c1)C1CC2CCC1C2. The second-order valence-electron chi connectivity index (χ2n) is 6.51. The van der Waals surface area contributed by atoms with Crippen LogP contribution in [0.15, 0.2) is 24.3 Å². The molecule has 0 radical (unpaired) electrons. The van der Waals surface area contributed by atoms with Crippen molar-refractivity contribution < 1.29 is 9.90 Å². The third-order valence-electron chi connectivity index (χ3n) is 5.24. The number of carboxylic acid groups (broad SMARTS) is 1. The highest BCUT2D eigenvalue weighted by Crippen LogP contribution is 2.49. The third kappa shape index (κ3) is 2.73. The van der Waals surface area contributed by atoms with E-state index in [0.717, 1.165) is 29.9 Å². The highest BCUT2D eigenvalue weighted by Gasteiger charge is 2.41. The minimum Gasteiger partial charge on any atom is -0.478 e. The third-order valence-corrected chi connectivity index (χ3v) is 5.24. The van der Waals surface area contributed by atoms with Gasteiger partial charge in [-0.15, -0.1) is 0 Å². The van der Waals surface area contributed by atoms with E-state index in [4.69, 9.17) is 5.11 Å². The Morgan fingerprint density at radius 3 is 2.90 bits per heavy atom.